The minimum atomic E-state index is -0.694. The van der Waals surface area contributed by atoms with Crippen molar-refractivity contribution in [2.24, 2.45) is 0 Å². The van der Waals surface area contributed by atoms with Gasteiger partial charge < -0.3 is 59.4 Å². The molecule has 18 aromatic rings. The number of para-hydroxylation sites is 2. The Hall–Kier alpha value is -12.2. The molecule has 0 unspecified atom stereocenters. The molecule has 13 nitrogen and oxygen atoms in total. The van der Waals surface area contributed by atoms with Crippen molar-refractivity contribution in [3.05, 3.63) is 489 Å². The number of aromatic nitrogens is 8. The number of aliphatic hydroxyl groups is 1. The van der Waals surface area contributed by atoms with Gasteiger partial charge in [-0.25, -0.2) is 0 Å². The van der Waals surface area contributed by atoms with Crippen molar-refractivity contribution in [3.8, 4) is 102 Å². The second-order valence-electron chi connectivity index (χ2n) is 26.8. The zero-order valence-corrected chi connectivity index (χ0v) is 89.2. The number of aliphatic hydroxyl groups excluding tert-OH is 1. The van der Waals surface area contributed by atoms with Crippen molar-refractivity contribution in [1.82, 2.24) is 39.9 Å². The van der Waals surface area contributed by atoms with Gasteiger partial charge in [0.15, 0.2) is 5.78 Å². The summed E-state index contributed by atoms with van der Waals surface area (Å²) in [6.07, 6.45) is 14.3. The molecule has 31 heteroatoms. The summed E-state index contributed by atoms with van der Waals surface area (Å²) >= 11 is 0. The summed E-state index contributed by atoms with van der Waals surface area (Å²) in [5.74, 6) is -4.16. The number of carbonyl (C=O) groups is 1. The third-order valence-corrected chi connectivity index (χ3v) is 17.3. The Bertz CT molecular complexity index is 6250. The number of hydrogen-bond donors (Lipinski definition) is 1. The molecule has 0 bridgehead atoms. The van der Waals surface area contributed by atoms with Gasteiger partial charge in [0.2, 0.25) is 0 Å². The van der Waals surface area contributed by atoms with Crippen LogP contribution in [0.1, 0.15) is 13.8 Å². The van der Waals surface area contributed by atoms with Gasteiger partial charge in [-0.3, -0.25) is 53.1 Å². The predicted molar refractivity (Wildman–Crippen MR) is 482 cm³/mol. The van der Waals surface area contributed by atoms with Crippen LogP contribution in [-0.2, 0) is 146 Å². The molecule has 0 fully saturated rings. The monoisotopic (exact) mass is 3110 g/mol. The topological polar surface area (TPSA) is 162 Å². The van der Waals surface area contributed by atoms with Crippen LogP contribution in [0.3, 0.4) is 0 Å². The van der Waals surface area contributed by atoms with E-state index in [1.807, 2.05) is 103 Å². The molecule has 8 aromatic heterocycles. The average molecular weight is 3100 g/mol. The van der Waals surface area contributed by atoms with Gasteiger partial charge in [0, 0.05) is 277 Å². The van der Waals surface area contributed by atoms with Crippen molar-refractivity contribution < 1.29 is 208 Å². The first-order valence-electron chi connectivity index (χ1n) is 39.4. The Morgan fingerprint density at radius 1 is 0.268 bits per heavy atom. The number of anilines is 3. The largest absolute Gasteiger partial charge is 0.512 e. The third kappa shape index (κ3) is 40.5. The SMILES string of the molecule is CC(=O)C=C(C)O.COc1ccnc(-c2[c-]cc(F)cc2)c1.COc1ccnc(-c2[c-]cc(F)cc2F)c1.Fc1c[c-]c(-c2cc(N(c3ccccc3)c3ccccc3)ccn2)cc1.Fc1c[c-]c(-c2ccccn2)c(F)c1.Fc1c[c-]c(-c2ccccn2)c(F)c1.Fc1c[c-]c(-c2ccccn2)cc1.Fc1c[c-]c(-c2ccccn2)cc1.Fc1c[c-]c(-c2ccccn2)cc1.[Ir].[Ir].[Ir].[Ir].[Ir].[Ir].[Ir]. The zero-order chi connectivity index (χ0) is 93.1. The standard InChI is InChI=1S/C23H16FN2.C12H8F2NO.C12H9FNO.2C11H6F2N.3C11H7FN.C5H8O2.7Ir/c24-19-13-11-18(12-14-19)23-17-22(15-16-25-23)26(20-7-3-1-4-8-20)21-9-5-2-6-10-21;1-16-9-4-5-15-12(7-9)10-3-2-8(13)6-11(10)14;1-15-11-6-7-14-12(8-11)9-2-4-10(13)5-3-9;2*12-8-4-5-9(10(13)7-8)11-3-1-2-6-14-11;3*12-10-6-4-9(5-7-10)11-3-1-2-8-13-11;1-4(6)3-5(2)7;;;;;;;/h1-11,13-17H;2,4-7H,1H3;2,4-8H,1H3;2*1-4,6-7H;3*1-4,6-8H;3,6H,1-2H3;;;;;;;/q8*-1;;;;;;;;. The first kappa shape index (κ1) is 120. The number of allylic oxidation sites excluding steroid dienone is 2. The molecular weight excluding hydrogens is 3030 g/mol. The summed E-state index contributed by atoms with van der Waals surface area (Å²) in [7, 11) is 3.09. The maximum absolute atomic E-state index is 13.4. The fraction of sp³-hybridized carbons (Fsp3) is 0.0374. The molecule has 0 saturated heterocycles. The van der Waals surface area contributed by atoms with E-state index in [0.29, 0.717) is 28.5 Å². The maximum Gasteiger partial charge on any atom is 0.155 e. The van der Waals surface area contributed by atoms with Gasteiger partial charge in [-0.05, 0) is 144 Å². The molecule has 0 atom stereocenters. The molecule has 8 heterocycles. The Kier molecular flexibility index (Phi) is 56.3. The van der Waals surface area contributed by atoms with E-state index in [1.165, 1.54) is 93.9 Å². The van der Waals surface area contributed by atoms with Crippen molar-refractivity contribution in [2.75, 3.05) is 19.1 Å². The van der Waals surface area contributed by atoms with Crippen LogP contribution in [-0.4, -0.2) is 65.0 Å². The number of ether oxygens (including phenoxy) is 2. The number of ketones is 1. The van der Waals surface area contributed by atoms with Crippen molar-refractivity contribution >= 4 is 22.8 Å². The minimum absolute atomic E-state index is 0. The van der Waals surface area contributed by atoms with Crippen LogP contribution < -0.4 is 14.4 Å². The van der Waals surface area contributed by atoms with E-state index in [1.54, 1.807) is 141 Å². The molecule has 0 aliphatic heterocycles. The first-order valence-corrected chi connectivity index (χ1v) is 39.4. The van der Waals surface area contributed by atoms with Gasteiger partial charge in [-0.1, -0.05) is 138 Å². The third-order valence-electron chi connectivity index (χ3n) is 17.3. The van der Waals surface area contributed by atoms with E-state index < -0.39 is 34.9 Å². The number of pyridine rings is 8. The summed E-state index contributed by atoms with van der Waals surface area (Å²) in [5, 5.41) is 8.36. The van der Waals surface area contributed by atoms with Crippen molar-refractivity contribution in [1.29, 1.82) is 0 Å². The molecular formula is C107H74F11Ir7N9O4-8. The van der Waals surface area contributed by atoms with Crippen LogP contribution in [0.2, 0.25) is 0 Å². The van der Waals surface area contributed by atoms with E-state index in [4.69, 9.17) is 14.6 Å². The fourth-order valence-corrected chi connectivity index (χ4v) is 11.3. The Balaban J connectivity index is 0.000000403. The number of benzene rings is 10. The van der Waals surface area contributed by atoms with E-state index in [0.717, 1.165) is 110 Å². The van der Waals surface area contributed by atoms with Crippen LogP contribution in [0.5, 0.6) is 11.5 Å². The summed E-state index contributed by atoms with van der Waals surface area (Å²) in [5.41, 5.74) is 12.7. The van der Waals surface area contributed by atoms with Gasteiger partial charge in [0.25, 0.3) is 0 Å². The number of rotatable bonds is 14. The van der Waals surface area contributed by atoms with Gasteiger partial charge in [0.1, 0.15) is 11.5 Å². The molecule has 1 N–H and O–H groups in total. The van der Waals surface area contributed by atoms with E-state index in [-0.39, 0.29) is 198 Å². The smallest absolute Gasteiger partial charge is 0.155 e. The van der Waals surface area contributed by atoms with Crippen LogP contribution in [0, 0.1) is 113 Å². The van der Waals surface area contributed by atoms with Crippen molar-refractivity contribution in [2.45, 2.75) is 13.8 Å². The number of carbonyl (C=O) groups excluding carboxylic acids is 1. The normalized spacial score (nSPS) is 9.69. The van der Waals surface area contributed by atoms with Crippen LogP contribution in [0.4, 0.5) is 65.4 Å². The van der Waals surface area contributed by atoms with Crippen LogP contribution >= 0.6 is 0 Å². The van der Waals surface area contributed by atoms with E-state index >= 15 is 0 Å². The molecule has 0 amide bonds. The zero-order valence-electron chi connectivity index (χ0n) is 72.4. The van der Waals surface area contributed by atoms with Gasteiger partial charge in [0.05, 0.1) is 20.0 Å². The Morgan fingerprint density at radius 3 is 0.783 bits per heavy atom. The molecule has 0 saturated carbocycles. The van der Waals surface area contributed by atoms with Crippen LogP contribution in [0.25, 0.3) is 90.1 Å². The number of nitrogens with zero attached hydrogens (tertiary/aromatic N) is 9. The number of halogens is 11. The summed E-state index contributed by atoms with van der Waals surface area (Å²) in [6.45, 7) is 2.85. The first-order chi connectivity index (χ1) is 63.6. The molecule has 719 valence electrons. The van der Waals surface area contributed by atoms with Gasteiger partial charge >= 0.3 is 0 Å². The maximum atomic E-state index is 13.4. The average Bonchev–Trinajstić information content (AvgIpc) is 0.801. The second-order valence-corrected chi connectivity index (χ2v) is 26.8. The number of methoxy groups -OCH3 is 2. The van der Waals surface area contributed by atoms with E-state index in [9.17, 15) is 53.1 Å². The Labute approximate surface area is 886 Å². The number of hydrogen-bond acceptors (Lipinski definition) is 13. The molecule has 0 spiro atoms. The summed E-state index contributed by atoms with van der Waals surface area (Å²) in [6, 6.07) is 107. The summed E-state index contributed by atoms with van der Waals surface area (Å²) in [4.78, 5) is 45.0. The Morgan fingerprint density at radius 2 is 0.522 bits per heavy atom. The van der Waals surface area contributed by atoms with E-state index in [2.05, 4.69) is 118 Å². The molecule has 7 radical (unpaired) electrons. The minimum Gasteiger partial charge on any atom is -0.512 e. The van der Waals surface area contributed by atoms with Crippen molar-refractivity contribution in [3.63, 3.8) is 0 Å². The molecule has 138 heavy (non-hydrogen) atoms. The molecule has 0 aliphatic carbocycles. The molecule has 10 aromatic carbocycles. The molecule has 18 rings (SSSR count). The second kappa shape index (κ2) is 64.8. The summed E-state index contributed by atoms with van der Waals surface area (Å²) < 4.78 is 151. The molecule has 0 aliphatic rings. The van der Waals surface area contributed by atoms with Gasteiger partial charge in [-0.15, -0.1) is 186 Å². The predicted octanol–water partition coefficient (Wildman–Crippen LogP) is 26.4. The fourth-order valence-electron chi connectivity index (χ4n) is 11.3. The quantitative estimate of drug-likeness (QED) is 0.0474. The van der Waals surface area contributed by atoms with Gasteiger partial charge in [-0.2, -0.15) is 0 Å². The van der Waals surface area contributed by atoms with Crippen LogP contribution in [0.15, 0.2) is 377 Å².